The normalized spacial score (nSPS) is 22.7. The zero-order valence-electron chi connectivity index (χ0n) is 12.0. The molecule has 3 heteroatoms. The van der Waals surface area contributed by atoms with Crippen molar-refractivity contribution in [3.05, 3.63) is 0 Å². The molecular weight excluding hydrogens is 214 g/mol. The number of hydrogen-bond donors (Lipinski definition) is 0. The Labute approximate surface area is 106 Å². The molecule has 1 atom stereocenters. The van der Waals surface area contributed by atoms with E-state index in [-0.39, 0.29) is 5.91 Å². The van der Waals surface area contributed by atoms with Gasteiger partial charge < -0.3 is 9.64 Å². The van der Waals surface area contributed by atoms with Crippen LogP contribution in [0.25, 0.3) is 0 Å². The average molecular weight is 241 g/mol. The minimum absolute atomic E-state index is 0.129. The lowest BCUT2D eigenvalue weighted by Crippen LogP contribution is -2.46. The molecule has 0 aliphatic carbocycles. The summed E-state index contributed by atoms with van der Waals surface area (Å²) >= 11 is 0. The summed E-state index contributed by atoms with van der Waals surface area (Å²) in [7, 11) is 1.60. The molecule has 0 aromatic rings. The van der Waals surface area contributed by atoms with Gasteiger partial charge in [0, 0.05) is 20.2 Å². The maximum Gasteiger partial charge on any atom is 0.254 e. The number of amides is 1. The van der Waals surface area contributed by atoms with Crippen LogP contribution in [0.4, 0.5) is 0 Å². The largest absolute Gasteiger partial charge is 0.369 e. The lowest BCUT2D eigenvalue weighted by Gasteiger charge is -2.30. The Morgan fingerprint density at radius 3 is 2.47 bits per heavy atom. The van der Waals surface area contributed by atoms with Crippen molar-refractivity contribution in [1.82, 2.24) is 4.90 Å². The molecule has 1 unspecified atom stereocenters. The summed E-state index contributed by atoms with van der Waals surface area (Å²) in [6.45, 7) is 10.0. The van der Waals surface area contributed by atoms with E-state index in [1.165, 1.54) is 6.42 Å². The minimum Gasteiger partial charge on any atom is -0.369 e. The lowest BCUT2D eigenvalue weighted by atomic mass is 9.89. The molecule has 0 bridgehead atoms. The van der Waals surface area contributed by atoms with E-state index >= 15 is 0 Å². The van der Waals surface area contributed by atoms with E-state index in [0.29, 0.717) is 0 Å². The first-order chi connectivity index (χ1) is 7.88. The zero-order valence-corrected chi connectivity index (χ0v) is 12.0. The molecule has 0 aromatic carbocycles. The van der Waals surface area contributed by atoms with Crippen molar-refractivity contribution >= 4 is 5.91 Å². The van der Waals surface area contributed by atoms with Crippen molar-refractivity contribution < 1.29 is 9.53 Å². The summed E-state index contributed by atoms with van der Waals surface area (Å²) in [5, 5.41) is 0. The molecule has 0 spiro atoms. The minimum atomic E-state index is -0.683. The molecule has 0 aromatic heterocycles. The fourth-order valence-corrected chi connectivity index (χ4v) is 2.46. The van der Waals surface area contributed by atoms with Gasteiger partial charge >= 0.3 is 0 Å². The number of likely N-dealkylation sites (tertiary alicyclic amines) is 1. The smallest absolute Gasteiger partial charge is 0.254 e. The number of methoxy groups -OCH3 is 1. The number of carbonyl (C=O) groups excluding carboxylic acids is 1. The highest BCUT2D eigenvalue weighted by Gasteiger charge is 2.33. The van der Waals surface area contributed by atoms with Crippen LogP contribution in [0.5, 0.6) is 0 Å². The van der Waals surface area contributed by atoms with Crippen LogP contribution in [0.2, 0.25) is 0 Å². The first-order valence-corrected chi connectivity index (χ1v) is 6.73. The van der Waals surface area contributed by atoms with Crippen molar-refractivity contribution in [1.29, 1.82) is 0 Å². The Morgan fingerprint density at radius 2 is 1.94 bits per heavy atom. The number of rotatable bonds is 3. The van der Waals surface area contributed by atoms with Gasteiger partial charge in [0.25, 0.3) is 5.91 Å². The van der Waals surface area contributed by atoms with Crippen LogP contribution in [0.15, 0.2) is 0 Å². The third kappa shape index (κ3) is 3.70. The maximum atomic E-state index is 12.3. The van der Waals surface area contributed by atoms with Crippen molar-refractivity contribution in [3.63, 3.8) is 0 Å². The fraction of sp³-hybridized carbons (Fsp3) is 0.929. The van der Waals surface area contributed by atoms with Crippen LogP contribution in [-0.4, -0.2) is 36.6 Å². The Balaban J connectivity index is 2.60. The molecular formula is C14H27NO2. The molecule has 100 valence electrons. The topological polar surface area (TPSA) is 29.5 Å². The number of hydrogen-bond acceptors (Lipinski definition) is 2. The molecule has 17 heavy (non-hydrogen) atoms. The van der Waals surface area contributed by atoms with Crippen molar-refractivity contribution in [3.8, 4) is 0 Å². The molecule has 0 saturated carbocycles. The van der Waals surface area contributed by atoms with Gasteiger partial charge in [0.05, 0.1) is 0 Å². The summed E-state index contributed by atoms with van der Waals surface area (Å²) in [6.07, 6.45) is 3.49. The van der Waals surface area contributed by atoms with Crippen LogP contribution in [0, 0.1) is 11.8 Å². The predicted octanol–water partition coefficient (Wildman–Crippen LogP) is 2.70. The molecule has 1 aliphatic rings. The van der Waals surface area contributed by atoms with Gasteiger partial charge in [-0.1, -0.05) is 13.8 Å². The van der Waals surface area contributed by atoms with Gasteiger partial charge in [-0.15, -0.1) is 0 Å². The predicted molar refractivity (Wildman–Crippen MR) is 69.8 cm³/mol. The number of ether oxygens (including phenoxy) is 1. The van der Waals surface area contributed by atoms with Crippen molar-refractivity contribution in [2.24, 2.45) is 11.8 Å². The highest BCUT2D eigenvalue weighted by atomic mass is 16.5. The molecule has 1 saturated heterocycles. The highest BCUT2D eigenvalue weighted by molar-refractivity contribution is 5.84. The highest BCUT2D eigenvalue weighted by Crippen LogP contribution is 2.26. The van der Waals surface area contributed by atoms with Gasteiger partial charge in [-0.25, -0.2) is 0 Å². The van der Waals surface area contributed by atoms with E-state index in [0.717, 1.165) is 37.8 Å². The third-order valence-electron chi connectivity index (χ3n) is 4.03. The van der Waals surface area contributed by atoms with Crippen LogP contribution in [0.1, 0.15) is 47.0 Å². The quantitative estimate of drug-likeness (QED) is 0.760. The standard InChI is InChI=1S/C14H27NO2/c1-11(2)12-7-6-9-15(10-8-12)13(16)14(3,4)17-5/h11-12H,6-10H2,1-5H3. The summed E-state index contributed by atoms with van der Waals surface area (Å²) in [5.74, 6) is 1.61. The second-order valence-corrected chi connectivity index (χ2v) is 5.94. The monoisotopic (exact) mass is 241 g/mol. The molecule has 1 heterocycles. The van der Waals surface area contributed by atoms with Gasteiger partial charge in [-0.05, 0) is 44.9 Å². The van der Waals surface area contributed by atoms with Crippen LogP contribution < -0.4 is 0 Å². The van der Waals surface area contributed by atoms with E-state index in [2.05, 4.69) is 13.8 Å². The first kappa shape index (κ1) is 14.5. The summed E-state index contributed by atoms with van der Waals surface area (Å²) in [4.78, 5) is 14.3. The van der Waals surface area contributed by atoms with Crippen molar-refractivity contribution in [2.45, 2.75) is 52.6 Å². The summed E-state index contributed by atoms with van der Waals surface area (Å²) in [5.41, 5.74) is -0.683. The van der Waals surface area contributed by atoms with Gasteiger partial charge in [0.1, 0.15) is 5.60 Å². The Morgan fingerprint density at radius 1 is 1.29 bits per heavy atom. The molecule has 1 rings (SSSR count). The van der Waals surface area contributed by atoms with Gasteiger partial charge in [0.2, 0.25) is 0 Å². The second-order valence-electron chi connectivity index (χ2n) is 5.94. The molecule has 1 aliphatic heterocycles. The van der Waals surface area contributed by atoms with E-state index in [9.17, 15) is 4.79 Å². The van der Waals surface area contributed by atoms with E-state index < -0.39 is 5.60 Å². The van der Waals surface area contributed by atoms with Gasteiger partial charge in [-0.2, -0.15) is 0 Å². The van der Waals surface area contributed by atoms with Crippen LogP contribution >= 0.6 is 0 Å². The van der Waals surface area contributed by atoms with Crippen LogP contribution in [0.3, 0.4) is 0 Å². The Bertz CT molecular complexity index is 261. The zero-order chi connectivity index (χ0) is 13.1. The molecule has 3 nitrogen and oxygen atoms in total. The fourth-order valence-electron chi connectivity index (χ4n) is 2.46. The average Bonchev–Trinajstić information content (AvgIpc) is 2.53. The van der Waals surface area contributed by atoms with Crippen LogP contribution in [-0.2, 0) is 9.53 Å². The second kappa shape index (κ2) is 5.85. The molecule has 0 N–H and O–H groups in total. The van der Waals surface area contributed by atoms with E-state index in [1.54, 1.807) is 7.11 Å². The number of nitrogens with zero attached hydrogens (tertiary/aromatic N) is 1. The lowest BCUT2D eigenvalue weighted by molar-refractivity contribution is -0.151. The SMILES string of the molecule is COC(C)(C)C(=O)N1CCCC(C(C)C)CC1. The number of carbonyl (C=O) groups is 1. The van der Waals surface area contributed by atoms with Gasteiger partial charge in [-0.3, -0.25) is 4.79 Å². The molecule has 0 radical (unpaired) electrons. The maximum absolute atomic E-state index is 12.3. The first-order valence-electron chi connectivity index (χ1n) is 6.73. The summed E-state index contributed by atoms with van der Waals surface area (Å²) in [6, 6.07) is 0. The van der Waals surface area contributed by atoms with E-state index in [4.69, 9.17) is 4.74 Å². The summed E-state index contributed by atoms with van der Waals surface area (Å²) < 4.78 is 5.28. The third-order valence-corrected chi connectivity index (χ3v) is 4.03. The Kier molecular flexibility index (Phi) is 4.99. The van der Waals surface area contributed by atoms with Crippen molar-refractivity contribution in [2.75, 3.05) is 20.2 Å². The molecule has 1 fully saturated rings. The van der Waals surface area contributed by atoms with Gasteiger partial charge in [0.15, 0.2) is 0 Å². The Hall–Kier alpha value is -0.570. The van der Waals surface area contributed by atoms with E-state index in [1.807, 2.05) is 18.7 Å². The molecule has 1 amide bonds.